The van der Waals surface area contributed by atoms with Crippen molar-refractivity contribution >= 4 is 54.9 Å². The molecule has 0 unspecified atom stereocenters. The number of rotatable bonds is 6. The van der Waals surface area contributed by atoms with Crippen molar-refractivity contribution in [3.05, 3.63) is 69.4 Å². The summed E-state index contributed by atoms with van der Waals surface area (Å²) in [7, 11) is 3.67. The van der Waals surface area contributed by atoms with Gasteiger partial charge in [-0.3, -0.25) is 20.0 Å². The second-order valence-corrected chi connectivity index (χ2v) is 7.97. The number of hydrazone groups is 2. The first kappa shape index (κ1) is 22.0. The fourth-order valence-corrected chi connectivity index (χ4v) is 3.18. The highest BCUT2D eigenvalue weighted by molar-refractivity contribution is 9.10. The molecule has 0 aliphatic heterocycles. The Hall–Kier alpha value is -2.72. The van der Waals surface area contributed by atoms with Crippen LogP contribution in [0.4, 0.5) is 11.6 Å². The highest BCUT2D eigenvalue weighted by atomic mass is 79.9. The van der Waals surface area contributed by atoms with E-state index in [0.29, 0.717) is 11.4 Å². The molecule has 0 aliphatic carbocycles. The number of anilines is 2. The first-order valence-corrected chi connectivity index (χ1v) is 10.6. The third-order valence-electron chi connectivity index (χ3n) is 4.06. The Morgan fingerprint density at radius 1 is 0.733 bits per heavy atom. The molecular weight excluding hydrogens is 512 g/mol. The number of nitrogens with zero attached hydrogens (tertiary/aromatic N) is 8. The van der Waals surface area contributed by atoms with E-state index < -0.39 is 0 Å². The van der Waals surface area contributed by atoms with Crippen molar-refractivity contribution in [2.24, 2.45) is 10.2 Å². The number of halogens is 2. The lowest BCUT2D eigenvalue weighted by atomic mass is 10.3. The minimum atomic E-state index is 0.676. The van der Waals surface area contributed by atoms with Gasteiger partial charge < -0.3 is 0 Å². The molecule has 154 valence electrons. The molecule has 0 radical (unpaired) electrons. The average molecular weight is 532 g/mol. The molecule has 3 aromatic rings. The summed E-state index contributed by atoms with van der Waals surface area (Å²) in [5, 5.41) is 12.5. The highest BCUT2D eigenvalue weighted by Crippen LogP contribution is 2.15. The van der Waals surface area contributed by atoms with Gasteiger partial charge in [-0.2, -0.15) is 10.2 Å². The van der Waals surface area contributed by atoms with E-state index in [4.69, 9.17) is 0 Å². The summed E-state index contributed by atoms with van der Waals surface area (Å²) in [5.74, 6) is 1.45. The van der Waals surface area contributed by atoms with Gasteiger partial charge in [-0.05, 0) is 70.0 Å². The van der Waals surface area contributed by atoms with Crippen LogP contribution >= 0.6 is 31.9 Å². The van der Waals surface area contributed by atoms with Crippen molar-refractivity contribution in [1.29, 1.82) is 0 Å². The predicted octanol–water partition coefficient (Wildman–Crippen LogP) is 4.51. The lowest BCUT2D eigenvalue weighted by Crippen LogP contribution is -2.16. The molecule has 0 saturated carbocycles. The maximum Gasteiger partial charge on any atom is 0.149 e. The van der Waals surface area contributed by atoms with E-state index in [-0.39, 0.29) is 0 Å². The third-order valence-corrected chi connectivity index (χ3v) is 4.94. The van der Waals surface area contributed by atoms with Crippen LogP contribution in [0.5, 0.6) is 0 Å². The summed E-state index contributed by atoms with van der Waals surface area (Å²) in [6, 6.07) is 11.3. The van der Waals surface area contributed by atoms with Gasteiger partial charge in [0.1, 0.15) is 32.2 Å². The molecule has 0 atom stereocenters. The summed E-state index contributed by atoms with van der Waals surface area (Å²) in [5.41, 5.74) is 2.80. The zero-order valence-electron chi connectivity index (χ0n) is 17.0. The van der Waals surface area contributed by atoms with Gasteiger partial charge in [0.05, 0.1) is 23.8 Å². The van der Waals surface area contributed by atoms with Crippen LogP contribution in [0.2, 0.25) is 0 Å². The lowest BCUT2D eigenvalue weighted by molar-refractivity contribution is 0.962. The SMILES string of the molecule is C/C(=N\N(C)c1cccc(Br)n1)c1cnc(/C(C)=N/N(C)c2cccc(Br)n2)cn1. The molecule has 0 aliphatic rings. The fraction of sp³-hybridized carbons (Fsp3) is 0.200. The second-order valence-electron chi connectivity index (χ2n) is 6.34. The van der Waals surface area contributed by atoms with E-state index in [1.807, 2.05) is 64.3 Å². The van der Waals surface area contributed by atoms with Crippen LogP contribution in [0.15, 0.2) is 68.2 Å². The van der Waals surface area contributed by atoms with Gasteiger partial charge in [0.25, 0.3) is 0 Å². The van der Waals surface area contributed by atoms with Crippen LogP contribution in [0.25, 0.3) is 0 Å². The summed E-state index contributed by atoms with van der Waals surface area (Å²) in [6.45, 7) is 3.76. The molecule has 0 N–H and O–H groups in total. The first-order valence-electron chi connectivity index (χ1n) is 8.99. The molecule has 10 heteroatoms. The van der Waals surface area contributed by atoms with Crippen LogP contribution in [-0.2, 0) is 0 Å². The van der Waals surface area contributed by atoms with Crippen LogP contribution in [0, 0.1) is 0 Å². The molecule has 0 amide bonds. The molecule has 3 heterocycles. The second kappa shape index (κ2) is 9.86. The molecular formula is C20H20Br2N8. The van der Waals surface area contributed by atoms with Crippen molar-refractivity contribution in [3.8, 4) is 0 Å². The average Bonchev–Trinajstić information content (AvgIpc) is 2.73. The maximum atomic E-state index is 4.54. The van der Waals surface area contributed by atoms with Gasteiger partial charge in [-0.15, -0.1) is 0 Å². The van der Waals surface area contributed by atoms with E-state index in [1.54, 1.807) is 22.4 Å². The number of hydrogen-bond donors (Lipinski definition) is 0. The fourth-order valence-electron chi connectivity index (χ4n) is 2.51. The minimum absolute atomic E-state index is 0.676. The zero-order valence-corrected chi connectivity index (χ0v) is 20.1. The Balaban J connectivity index is 1.75. The molecule has 0 aromatic carbocycles. The normalized spacial score (nSPS) is 12.1. The topological polar surface area (TPSA) is 82.8 Å². The van der Waals surface area contributed by atoms with E-state index >= 15 is 0 Å². The highest BCUT2D eigenvalue weighted by Gasteiger charge is 2.08. The Labute approximate surface area is 192 Å². The number of aromatic nitrogens is 4. The van der Waals surface area contributed by atoms with Crippen LogP contribution in [0.1, 0.15) is 25.2 Å². The summed E-state index contributed by atoms with van der Waals surface area (Å²) in [4.78, 5) is 17.7. The molecule has 3 aromatic heterocycles. The number of pyridine rings is 2. The van der Waals surface area contributed by atoms with E-state index in [2.05, 4.69) is 62.0 Å². The Kier molecular flexibility index (Phi) is 7.22. The largest absolute Gasteiger partial charge is 0.251 e. The van der Waals surface area contributed by atoms with Gasteiger partial charge in [0.2, 0.25) is 0 Å². The monoisotopic (exact) mass is 530 g/mol. The molecule has 0 saturated heterocycles. The molecule has 0 spiro atoms. The van der Waals surface area contributed by atoms with Gasteiger partial charge in [0.15, 0.2) is 0 Å². The minimum Gasteiger partial charge on any atom is -0.251 e. The van der Waals surface area contributed by atoms with E-state index in [0.717, 1.165) is 32.3 Å². The van der Waals surface area contributed by atoms with Crippen LogP contribution in [-0.4, -0.2) is 45.5 Å². The summed E-state index contributed by atoms with van der Waals surface area (Å²) in [6.07, 6.45) is 3.37. The van der Waals surface area contributed by atoms with Crippen LogP contribution in [0.3, 0.4) is 0 Å². The molecule has 0 fully saturated rings. The smallest absolute Gasteiger partial charge is 0.149 e. The quantitative estimate of drug-likeness (QED) is 0.264. The van der Waals surface area contributed by atoms with Crippen molar-refractivity contribution in [2.75, 3.05) is 24.1 Å². The van der Waals surface area contributed by atoms with Gasteiger partial charge in [-0.1, -0.05) is 12.1 Å². The molecule has 8 nitrogen and oxygen atoms in total. The molecule has 0 bridgehead atoms. The van der Waals surface area contributed by atoms with E-state index in [9.17, 15) is 0 Å². The van der Waals surface area contributed by atoms with Gasteiger partial charge in [-0.25, -0.2) is 9.97 Å². The number of hydrogen-bond acceptors (Lipinski definition) is 8. The van der Waals surface area contributed by atoms with E-state index in [1.165, 1.54) is 0 Å². The van der Waals surface area contributed by atoms with Crippen molar-refractivity contribution in [3.63, 3.8) is 0 Å². The van der Waals surface area contributed by atoms with Gasteiger partial charge >= 0.3 is 0 Å². The van der Waals surface area contributed by atoms with Gasteiger partial charge in [0, 0.05) is 14.1 Å². The molecule has 3 rings (SSSR count). The van der Waals surface area contributed by atoms with Crippen LogP contribution < -0.4 is 10.0 Å². The Morgan fingerprint density at radius 3 is 1.47 bits per heavy atom. The third kappa shape index (κ3) is 5.67. The predicted molar refractivity (Wildman–Crippen MR) is 127 cm³/mol. The first-order chi connectivity index (χ1) is 14.3. The van der Waals surface area contributed by atoms with Crippen molar-refractivity contribution in [2.45, 2.75) is 13.8 Å². The van der Waals surface area contributed by atoms with Crippen molar-refractivity contribution in [1.82, 2.24) is 19.9 Å². The zero-order chi connectivity index (χ0) is 21.7. The Bertz CT molecular complexity index is 996. The standard InChI is InChI=1S/C20H20Br2N8/c1-13(27-29(3)19-9-5-7-17(21)25-19)15-11-24-16(12-23-15)14(2)28-30(4)20-10-6-8-18(22)26-20/h5-12H,1-4H3/b27-13+,28-14+. The lowest BCUT2D eigenvalue weighted by Gasteiger charge is -2.14. The van der Waals surface area contributed by atoms with Crippen molar-refractivity contribution < 1.29 is 0 Å². The summed E-state index contributed by atoms with van der Waals surface area (Å²) >= 11 is 6.74. The molecule has 30 heavy (non-hydrogen) atoms. The maximum absolute atomic E-state index is 4.54. The summed E-state index contributed by atoms with van der Waals surface area (Å²) < 4.78 is 1.50. The Morgan fingerprint density at radius 2 is 1.13 bits per heavy atom.